The zero-order valence-corrected chi connectivity index (χ0v) is 5.99. The zero-order chi connectivity index (χ0) is 7.98. The Bertz CT molecular complexity index is 109. The molecular formula is C7H12O3. The third-order valence-corrected chi connectivity index (χ3v) is 1.24. The van der Waals surface area contributed by atoms with Gasteiger partial charge in [-0.2, -0.15) is 0 Å². The van der Waals surface area contributed by atoms with Crippen LogP contribution in [0.4, 0.5) is 0 Å². The number of aliphatic hydroxyl groups is 1. The number of carbonyl (C=O) groups is 2. The molecule has 0 spiro atoms. The van der Waals surface area contributed by atoms with Crippen LogP contribution in [0.5, 0.6) is 0 Å². The van der Waals surface area contributed by atoms with Gasteiger partial charge in [0.2, 0.25) is 0 Å². The Morgan fingerprint density at radius 3 is 2.40 bits per heavy atom. The van der Waals surface area contributed by atoms with E-state index in [-0.39, 0.29) is 12.3 Å². The third-order valence-electron chi connectivity index (χ3n) is 1.24. The van der Waals surface area contributed by atoms with E-state index in [1.165, 1.54) is 0 Å². The van der Waals surface area contributed by atoms with Gasteiger partial charge in [0.25, 0.3) is 0 Å². The maximum Gasteiger partial charge on any atom is 0.123 e. The standard InChI is InChI=1S/C7H12O3/c1-6(10)4-7(5-9)2-3-8/h3,5-7,10H,2,4H2,1H3. The van der Waals surface area contributed by atoms with Crippen LogP contribution in [0.1, 0.15) is 19.8 Å². The molecule has 0 aliphatic heterocycles. The van der Waals surface area contributed by atoms with Crippen molar-refractivity contribution in [3.05, 3.63) is 0 Å². The molecule has 0 aliphatic rings. The molecule has 10 heavy (non-hydrogen) atoms. The lowest BCUT2D eigenvalue weighted by molar-refractivity contribution is -0.116. The molecule has 3 heteroatoms. The first-order chi connectivity index (χ1) is 4.70. The first-order valence-corrected chi connectivity index (χ1v) is 3.27. The van der Waals surface area contributed by atoms with Gasteiger partial charge in [-0.05, 0) is 13.3 Å². The molecule has 0 fully saturated rings. The van der Waals surface area contributed by atoms with E-state index < -0.39 is 6.10 Å². The average molecular weight is 144 g/mol. The molecule has 3 nitrogen and oxygen atoms in total. The average Bonchev–Trinajstić information content (AvgIpc) is 1.86. The summed E-state index contributed by atoms with van der Waals surface area (Å²) in [6, 6.07) is 0. The SMILES string of the molecule is CC(O)CC(C=O)CC=O. The van der Waals surface area contributed by atoms with Gasteiger partial charge in [0.1, 0.15) is 12.6 Å². The van der Waals surface area contributed by atoms with Gasteiger partial charge in [-0.15, -0.1) is 0 Å². The minimum Gasteiger partial charge on any atom is -0.393 e. The van der Waals surface area contributed by atoms with Gasteiger partial charge in [0.05, 0.1) is 6.10 Å². The zero-order valence-electron chi connectivity index (χ0n) is 5.99. The lowest BCUT2D eigenvalue weighted by atomic mass is 10.0. The van der Waals surface area contributed by atoms with E-state index in [2.05, 4.69) is 0 Å². The molecule has 2 unspecified atom stereocenters. The van der Waals surface area contributed by atoms with Crippen molar-refractivity contribution in [3.63, 3.8) is 0 Å². The Balaban J connectivity index is 3.59. The highest BCUT2D eigenvalue weighted by Gasteiger charge is 2.08. The number of rotatable bonds is 5. The number of hydrogen-bond acceptors (Lipinski definition) is 3. The van der Waals surface area contributed by atoms with Crippen LogP contribution in [-0.4, -0.2) is 23.8 Å². The Morgan fingerprint density at radius 2 is 2.10 bits per heavy atom. The number of aliphatic hydroxyl groups excluding tert-OH is 1. The summed E-state index contributed by atoms with van der Waals surface area (Å²) in [6.07, 6.45) is 1.49. The van der Waals surface area contributed by atoms with E-state index in [1.807, 2.05) is 0 Å². The molecule has 0 bridgehead atoms. The molecule has 58 valence electrons. The van der Waals surface area contributed by atoms with E-state index in [9.17, 15) is 9.59 Å². The fourth-order valence-electron chi connectivity index (χ4n) is 0.769. The maximum absolute atomic E-state index is 10.2. The van der Waals surface area contributed by atoms with Gasteiger partial charge in [-0.1, -0.05) is 0 Å². The van der Waals surface area contributed by atoms with Crippen LogP contribution in [0.15, 0.2) is 0 Å². The fourth-order valence-corrected chi connectivity index (χ4v) is 0.769. The third kappa shape index (κ3) is 4.21. The van der Waals surface area contributed by atoms with Gasteiger partial charge < -0.3 is 14.7 Å². The Morgan fingerprint density at radius 1 is 1.50 bits per heavy atom. The second-order valence-electron chi connectivity index (χ2n) is 2.38. The van der Waals surface area contributed by atoms with Crippen LogP contribution < -0.4 is 0 Å². The predicted molar refractivity (Wildman–Crippen MR) is 36.5 cm³/mol. The van der Waals surface area contributed by atoms with Gasteiger partial charge in [-0.25, -0.2) is 0 Å². The molecular weight excluding hydrogens is 132 g/mol. The maximum atomic E-state index is 10.2. The van der Waals surface area contributed by atoms with Crippen LogP contribution >= 0.6 is 0 Å². The lowest BCUT2D eigenvalue weighted by Gasteiger charge is -2.07. The van der Waals surface area contributed by atoms with E-state index in [0.29, 0.717) is 19.0 Å². The van der Waals surface area contributed by atoms with Crippen molar-refractivity contribution >= 4 is 12.6 Å². The minimum absolute atomic E-state index is 0.217. The van der Waals surface area contributed by atoms with Crippen molar-refractivity contribution in [1.82, 2.24) is 0 Å². The molecule has 0 heterocycles. The number of aldehydes is 2. The Hall–Kier alpha value is -0.700. The molecule has 0 saturated carbocycles. The minimum atomic E-state index is -0.504. The summed E-state index contributed by atoms with van der Waals surface area (Å²) in [6.45, 7) is 1.60. The second-order valence-corrected chi connectivity index (χ2v) is 2.38. The van der Waals surface area contributed by atoms with E-state index in [0.717, 1.165) is 0 Å². The van der Waals surface area contributed by atoms with Gasteiger partial charge in [-0.3, -0.25) is 0 Å². The van der Waals surface area contributed by atoms with Crippen molar-refractivity contribution in [1.29, 1.82) is 0 Å². The highest BCUT2D eigenvalue weighted by atomic mass is 16.3. The summed E-state index contributed by atoms with van der Waals surface area (Å²) in [5.74, 6) is -0.308. The van der Waals surface area contributed by atoms with Crippen molar-refractivity contribution in [3.8, 4) is 0 Å². The largest absolute Gasteiger partial charge is 0.393 e. The molecule has 0 saturated heterocycles. The summed E-state index contributed by atoms with van der Waals surface area (Å²) in [7, 11) is 0. The quantitative estimate of drug-likeness (QED) is 0.559. The molecule has 0 radical (unpaired) electrons. The summed E-state index contributed by atoms with van der Waals surface area (Å²) < 4.78 is 0. The summed E-state index contributed by atoms with van der Waals surface area (Å²) >= 11 is 0. The smallest absolute Gasteiger partial charge is 0.123 e. The summed E-state index contributed by atoms with van der Waals surface area (Å²) in [5.41, 5.74) is 0. The van der Waals surface area contributed by atoms with Crippen LogP contribution in [0, 0.1) is 5.92 Å². The molecule has 1 N–H and O–H groups in total. The lowest BCUT2D eigenvalue weighted by Crippen LogP contribution is -2.11. The monoisotopic (exact) mass is 144 g/mol. The summed E-state index contributed by atoms with van der Waals surface area (Å²) in [5, 5.41) is 8.81. The second kappa shape index (κ2) is 5.11. The first kappa shape index (κ1) is 9.30. The van der Waals surface area contributed by atoms with Gasteiger partial charge in [0, 0.05) is 12.3 Å². The summed E-state index contributed by atoms with van der Waals surface area (Å²) in [4.78, 5) is 20.1. The van der Waals surface area contributed by atoms with Gasteiger partial charge >= 0.3 is 0 Å². The van der Waals surface area contributed by atoms with Crippen LogP contribution in [0.3, 0.4) is 0 Å². The fraction of sp³-hybridized carbons (Fsp3) is 0.714. The van der Waals surface area contributed by atoms with E-state index >= 15 is 0 Å². The molecule has 0 aromatic carbocycles. The molecule has 0 rings (SSSR count). The normalized spacial score (nSPS) is 15.8. The first-order valence-electron chi connectivity index (χ1n) is 3.27. The van der Waals surface area contributed by atoms with Crippen LogP contribution in [-0.2, 0) is 9.59 Å². The van der Waals surface area contributed by atoms with E-state index in [4.69, 9.17) is 5.11 Å². The topological polar surface area (TPSA) is 54.4 Å². The van der Waals surface area contributed by atoms with Crippen molar-refractivity contribution in [2.45, 2.75) is 25.9 Å². The predicted octanol–water partition coefficient (Wildman–Crippen LogP) is 0.161. The Kier molecular flexibility index (Phi) is 4.76. The molecule has 2 atom stereocenters. The van der Waals surface area contributed by atoms with Crippen molar-refractivity contribution < 1.29 is 14.7 Å². The van der Waals surface area contributed by atoms with Crippen LogP contribution in [0.25, 0.3) is 0 Å². The highest BCUT2D eigenvalue weighted by Crippen LogP contribution is 2.06. The van der Waals surface area contributed by atoms with E-state index in [1.54, 1.807) is 6.92 Å². The Labute approximate surface area is 60.0 Å². The highest BCUT2D eigenvalue weighted by molar-refractivity contribution is 5.61. The number of hydrogen-bond donors (Lipinski definition) is 1. The molecule has 0 aromatic rings. The molecule has 0 amide bonds. The van der Waals surface area contributed by atoms with Gasteiger partial charge in [0.15, 0.2) is 0 Å². The van der Waals surface area contributed by atoms with Crippen molar-refractivity contribution in [2.75, 3.05) is 0 Å². The van der Waals surface area contributed by atoms with Crippen LogP contribution in [0.2, 0.25) is 0 Å². The molecule has 0 aromatic heterocycles. The number of carbonyl (C=O) groups excluding carboxylic acids is 2. The molecule has 0 aliphatic carbocycles. The van der Waals surface area contributed by atoms with Crippen molar-refractivity contribution in [2.24, 2.45) is 5.92 Å².